The maximum Gasteiger partial charge on any atom is 0.162 e. The molecule has 152 valence electrons. The minimum atomic E-state index is -0.406. The highest BCUT2D eigenvalue weighted by Gasteiger charge is 2.62. The van der Waals surface area contributed by atoms with Crippen molar-refractivity contribution >= 4 is 5.78 Å². The van der Waals surface area contributed by atoms with Crippen LogP contribution >= 0.6 is 0 Å². The summed E-state index contributed by atoms with van der Waals surface area (Å²) in [7, 11) is 1.71. The van der Waals surface area contributed by atoms with E-state index in [-0.39, 0.29) is 17.8 Å². The van der Waals surface area contributed by atoms with Gasteiger partial charge in [0.15, 0.2) is 11.5 Å². The van der Waals surface area contributed by atoms with Crippen LogP contribution in [-0.2, 0) is 24.2 Å². The average Bonchev–Trinajstić information content (AvgIpc) is 3.30. The first-order chi connectivity index (χ1) is 14.0. The summed E-state index contributed by atoms with van der Waals surface area (Å²) in [5.41, 5.74) is 2.93. The number of ketones is 1. The summed E-state index contributed by atoms with van der Waals surface area (Å²) in [6.07, 6.45) is 8.58. The number of aromatic nitrogens is 1. The standard InChI is InChI=1S/C24H27NO4/c1-23-9-7-20-19-5-4-17(28-2)11-15(19)3-6-21(20)24(23,10-8-22(23)27)13-16-12-18(14-26)29-25-16/h4-5,8,10-12,20-21,26H,3,6-7,9,13-14H2,1-2H3/t20-,21-,23-,24+/m1/s1. The molecule has 0 saturated heterocycles. The Labute approximate surface area is 170 Å². The van der Waals surface area contributed by atoms with Crippen molar-refractivity contribution < 1.29 is 19.2 Å². The lowest BCUT2D eigenvalue weighted by Gasteiger charge is -2.56. The number of rotatable bonds is 4. The lowest BCUT2D eigenvalue weighted by atomic mass is 9.46. The summed E-state index contributed by atoms with van der Waals surface area (Å²) in [5, 5.41) is 13.6. The molecule has 1 aromatic carbocycles. The molecule has 1 N–H and O–H groups in total. The molecule has 1 saturated carbocycles. The van der Waals surface area contributed by atoms with Crippen LogP contribution in [0.5, 0.6) is 5.75 Å². The summed E-state index contributed by atoms with van der Waals surface area (Å²) < 4.78 is 10.7. The maximum atomic E-state index is 13.0. The zero-order valence-corrected chi connectivity index (χ0v) is 17.0. The third-order valence-electron chi connectivity index (χ3n) is 7.92. The number of aryl methyl sites for hydroxylation is 1. The molecule has 5 nitrogen and oxygen atoms in total. The second-order valence-corrected chi connectivity index (χ2v) is 9.04. The molecule has 0 radical (unpaired) electrons. The molecule has 0 aliphatic heterocycles. The molecule has 5 rings (SSSR count). The Bertz CT molecular complexity index is 993. The summed E-state index contributed by atoms with van der Waals surface area (Å²) in [6, 6.07) is 8.29. The number of benzene rings is 1. The van der Waals surface area contributed by atoms with Gasteiger partial charge in [0.05, 0.1) is 12.8 Å². The summed E-state index contributed by atoms with van der Waals surface area (Å²) in [4.78, 5) is 13.0. The molecule has 2 aromatic rings. The van der Waals surface area contributed by atoms with Gasteiger partial charge in [-0.15, -0.1) is 0 Å². The summed E-state index contributed by atoms with van der Waals surface area (Å²) in [6.45, 7) is 1.98. The van der Waals surface area contributed by atoms with Crippen LogP contribution in [0.25, 0.3) is 0 Å². The average molecular weight is 393 g/mol. The van der Waals surface area contributed by atoms with E-state index in [4.69, 9.17) is 9.26 Å². The minimum absolute atomic E-state index is 0.159. The zero-order valence-electron chi connectivity index (χ0n) is 17.0. The van der Waals surface area contributed by atoms with Crippen molar-refractivity contribution in [1.29, 1.82) is 0 Å². The molecule has 0 bridgehead atoms. The van der Waals surface area contributed by atoms with E-state index in [1.54, 1.807) is 13.2 Å². The molecule has 5 heteroatoms. The van der Waals surface area contributed by atoms with Crippen LogP contribution in [-0.4, -0.2) is 23.2 Å². The highest BCUT2D eigenvalue weighted by Crippen LogP contribution is 2.65. The number of allylic oxidation sites excluding steroid dienone is 2. The SMILES string of the molecule is COc1ccc2c(c1)CC[C@@H]1[C@@H]2CC[C@]2(C)C(=O)C=C[C@]12Cc1cc(CO)on1. The Balaban J connectivity index is 1.58. The predicted octanol–water partition coefficient (Wildman–Crippen LogP) is 3.99. The van der Waals surface area contributed by atoms with Gasteiger partial charge in [-0.25, -0.2) is 0 Å². The van der Waals surface area contributed by atoms with Crippen LogP contribution in [0, 0.1) is 16.7 Å². The van der Waals surface area contributed by atoms with Gasteiger partial charge in [0, 0.05) is 23.3 Å². The van der Waals surface area contributed by atoms with Crippen LogP contribution < -0.4 is 4.74 Å². The van der Waals surface area contributed by atoms with Crippen molar-refractivity contribution in [3.05, 3.63) is 59.0 Å². The van der Waals surface area contributed by atoms with Gasteiger partial charge >= 0.3 is 0 Å². The maximum absolute atomic E-state index is 13.0. The van der Waals surface area contributed by atoms with E-state index in [2.05, 4.69) is 36.4 Å². The molecule has 0 spiro atoms. The van der Waals surface area contributed by atoms with Gasteiger partial charge in [0.25, 0.3) is 0 Å². The number of nitrogens with zero attached hydrogens (tertiary/aromatic N) is 1. The van der Waals surface area contributed by atoms with Crippen LogP contribution in [0.4, 0.5) is 0 Å². The third-order valence-corrected chi connectivity index (χ3v) is 7.92. The van der Waals surface area contributed by atoms with Crippen molar-refractivity contribution in [2.75, 3.05) is 7.11 Å². The number of ether oxygens (including phenoxy) is 1. The first-order valence-corrected chi connectivity index (χ1v) is 10.5. The lowest BCUT2D eigenvalue weighted by molar-refractivity contribution is -0.133. The van der Waals surface area contributed by atoms with Gasteiger partial charge in [-0.2, -0.15) is 0 Å². The molecule has 1 fully saturated rings. The van der Waals surface area contributed by atoms with Gasteiger partial charge in [-0.1, -0.05) is 24.2 Å². The number of carbonyl (C=O) groups is 1. The third kappa shape index (κ3) is 2.56. The van der Waals surface area contributed by atoms with Crippen LogP contribution in [0.3, 0.4) is 0 Å². The van der Waals surface area contributed by atoms with E-state index in [0.29, 0.717) is 24.0 Å². The van der Waals surface area contributed by atoms with E-state index in [9.17, 15) is 9.90 Å². The van der Waals surface area contributed by atoms with Gasteiger partial charge in [-0.3, -0.25) is 4.79 Å². The van der Waals surface area contributed by atoms with E-state index in [1.165, 1.54) is 11.1 Å². The minimum Gasteiger partial charge on any atom is -0.497 e. The number of carbonyl (C=O) groups excluding carboxylic acids is 1. The normalized spacial score (nSPS) is 32.6. The van der Waals surface area contributed by atoms with Gasteiger partial charge in [-0.05, 0) is 66.9 Å². The number of fused-ring (bicyclic) bond motifs is 5. The fraction of sp³-hybridized carbons (Fsp3) is 0.500. The molecule has 3 aliphatic carbocycles. The Kier molecular flexibility index (Phi) is 4.21. The molecular weight excluding hydrogens is 366 g/mol. The van der Waals surface area contributed by atoms with Crippen molar-refractivity contribution in [1.82, 2.24) is 5.16 Å². The van der Waals surface area contributed by atoms with Gasteiger partial charge in [0.1, 0.15) is 12.4 Å². The van der Waals surface area contributed by atoms with Gasteiger partial charge in [0.2, 0.25) is 0 Å². The summed E-state index contributed by atoms with van der Waals surface area (Å²) >= 11 is 0. The van der Waals surface area contributed by atoms with E-state index in [1.807, 2.05) is 6.07 Å². The molecule has 3 aliphatic rings. The summed E-state index contributed by atoms with van der Waals surface area (Å²) in [5.74, 6) is 2.42. The Morgan fingerprint density at radius 1 is 1.31 bits per heavy atom. The monoisotopic (exact) mass is 393 g/mol. The van der Waals surface area contributed by atoms with Crippen molar-refractivity contribution in [3.63, 3.8) is 0 Å². The first-order valence-electron chi connectivity index (χ1n) is 10.5. The Morgan fingerprint density at radius 2 is 2.17 bits per heavy atom. The number of hydrogen-bond donors (Lipinski definition) is 1. The second-order valence-electron chi connectivity index (χ2n) is 9.04. The molecule has 0 unspecified atom stereocenters. The Morgan fingerprint density at radius 3 is 2.93 bits per heavy atom. The second kappa shape index (κ2) is 6.56. The highest BCUT2D eigenvalue weighted by molar-refractivity contribution is 5.98. The first kappa shape index (κ1) is 18.6. The van der Waals surface area contributed by atoms with Crippen LogP contribution in [0.2, 0.25) is 0 Å². The fourth-order valence-corrected chi connectivity index (χ4v) is 6.34. The van der Waals surface area contributed by atoms with Crippen LogP contribution in [0.15, 0.2) is 40.9 Å². The van der Waals surface area contributed by atoms with Crippen molar-refractivity contribution in [2.24, 2.45) is 16.7 Å². The number of aliphatic hydroxyl groups excluding tert-OH is 1. The molecule has 4 atom stereocenters. The number of methoxy groups -OCH3 is 1. The largest absolute Gasteiger partial charge is 0.497 e. The molecule has 0 amide bonds. The Hall–Kier alpha value is -2.40. The van der Waals surface area contributed by atoms with Crippen LogP contribution in [0.1, 0.15) is 54.7 Å². The smallest absolute Gasteiger partial charge is 0.162 e. The highest BCUT2D eigenvalue weighted by atomic mass is 16.5. The lowest BCUT2D eigenvalue weighted by Crippen LogP contribution is -2.53. The van der Waals surface area contributed by atoms with Crippen molar-refractivity contribution in [3.8, 4) is 5.75 Å². The topological polar surface area (TPSA) is 72.6 Å². The quantitative estimate of drug-likeness (QED) is 0.850. The number of aliphatic hydroxyl groups is 1. The fourth-order valence-electron chi connectivity index (χ4n) is 6.34. The molecule has 1 aromatic heterocycles. The number of hydrogen-bond acceptors (Lipinski definition) is 5. The van der Waals surface area contributed by atoms with E-state index < -0.39 is 5.41 Å². The van der Waals surface area contributed by atoms with E-state index >= 15 is 0 Å². The zero-order chi connectivity index (χ0) is 20.2. The van der Waals surface area contributed by atoms with E-state index in [0.717, 1.165) is 37.1 Å². The van der Waals surface area contributed by atoms with Gasteiger partial charge < -0.3 is 14.4 Å². The predicted molar refractivity (Wildman–Crippen MR) is 108 cm³/mol. The molecule has 1 heterocycles. The molecular formula is C24H27NO4. The van der Waals surface area contributed by atoms with Crippen molar-refractivity contribution in [2.45, 2.75) is 51.6 Å². The molecule has 29 heavy (non-hydrogen) atoms.